The highest BCUT2D eigenvalue weighted by molar-refractivity contribution is 8.00. The van der Waals surface area contributed by atoms with Gasteiger partial charge in [0.15, 0.2) is 0 Å². The quantitative estimate of drug-likeness (QED) is 0.619. The van der Waals surface area contributed by atoms with Crippen molar-refractivity contribution in [3.05, 3.63) is 41.6 Å². The lowest BCUT2D eigenvalue weighted by Crippen LogP contribution is -2.45. The lowest BCUT2D eigenvalue weighted by atomic mass is 10.0. The van der Waals surface area contributed by atoms with E-state index >= 15 is 0 Å². The van der Waals surface area contributed by atoms with E-state index in [4.69, 9.17) is 0 Å². The van der Waals surface area contributed by atoms with E-state index in [0.717, 1.165) is 16.0 Å². The fourth-order valence-electron chi connectivity index (χ4n) is 2.49. The second-order valence-electron chi connectivity index (χ2n) is 6.77. The smallest absolute Gasteiger partial charge is 0.248 e. The average Bonchev–Trinajstić information content (AvgIpc) is 3.07. The largest absolute Gasteiger partial charge is 0.344 e. The van der Waals surface area contributed by atoms with Crippen LogP contribution in [-0.4, -0.2) is 33.8 Å². The number of carbonyl (C=O) groups excluding carboxylic acids is 2. The summed E-state index contributed by atoms with van der Waals surface area (Å²) in [5.74, 6) is 0.674. The van der Waals surface area contributed by atoms with Crippen LogP contribution in [0.25, 0.3) is 0 Å². The molecule has 7 heteroatoms. The molecule has 140 valence electrons. The van der Waals surface area contributed by atoms with E-state index in [-0.39, 0.29) is 23.5 Å². The highest BCUT2D eigenvalue weighted by Gasteiger charge is 2.22. The number of aromatic amines is 1. The van der Waals surface area contributed by atoms with Gasteiger partial charge >= 0.3 is 0 Å². The van der Waals surface area contributed by atoms with Crippen molar-refractivity contribution in [1.29, 1.82) is 0 Å². The Kier molecular flexibility index (Phi) is 7.26. The molecule has 0 saturated carbocycles. The van der Waals surface area contributed by atoms with Crippen LogP contribution in [0.5, 0.6) is 0 Å². The van der Waals surface area contributed by atoms with Crippen LogP contribution >= 0.6 is 11.8 Å². The zero-order valence-electron chi connectivity index (χ0n) is 15.6. The van der Waals surface area contributed by atoms with E-state index < -0.39 is 6.04 Å². The summed E-state index contributed by atoms with van der Waals surface area (Å²) in [6, 6.07) is 7.27. The van der Waals surface area contributed by atoms with Crippen molar-refractivity contribution in [3.63, 3.8) is 0 Å². The van der Waals surface area contributed by atoms with E-state index in [0.29, 0.717) is 12.2 Å². The third-order valence-corrected chi connectivity index (χ3v) is 4.98. The second kappa shape index (κ2) is 9.43. The molecule has 0 aliphatic heterocycles. The Morgan fingerprint density at radius 2 is 2.00 bits per heavy atom. The number of thioether (sulfide) groups is 1. The molecule has 0 bridgehead atoms. The van der Waals surface area contributed by atoms with Crippen molar-refractivity contribution in [3.8, 4) is 0 Å². The number of benzene rings is 1. The van der Waals surface area contributed by atoms with E-state index in [1.807, 2.05) is 27.7 Å². The molecule has 1 unspecified atom stereocenters. The topological polar surface area (TPSA) is 86.9 Å². The Morgan fingerprint density at radius 3 is 2.65 bits per heavy atom. The van der Waals surface area contributed by atoms with E-state index in [2.05, 4.69) is 39.0 Å². The number of rotatable bonds is 8. The summed E-state index contributed by atoms with van der Waals surface area (Å²) in [5, 5.41) is 12.1. The maximum absolute atomic E-state index is 12.5. The normalized spacial score (nSPS) is 12.0. The minimum absolute atomic E-state index is 0.152. The Labute approximate surface area is 158 Å². The molecule has 2 amide bonds. The Bertz CT molecular complexity index is 744. The molecule has 1 aromatic carbocycles. The van der Waals surface area contributed by atoms with Crippen molar-refractivity contribution >= 4 is 29.4 Å². The molecule has 0 aliphatic rings. The Balaban J connectivity index is 1.94. The fraction of sp³-hybridized carbons (Fsp3) is 0.421. The number of anilines is 1. The number of aromatic nitrogens is 2. The first-order valence-electron chi connectivity index (χ1n) is 8.64. The molecule has 26 heavy (non-hydrogen) atoms. The van der Waals surface area contributed by atoms with Gasteiger partial charge in [-0.3, -0.25) is 14.7 Å². The summed E-state index contributed by atoms with van der Waals surface area (Å²) in [4.78, 5) is 25.9. The van der Waals surface area contributed by atoms with Gasteiger partial charge in [-0.25, -0.2) is 0 Å². The molecule has 1 atom stereocenters. The first-order valence-corrected chi connectivity index (χ1v) is 9.63. The van der Waals surface area contributed by atoms with Crippen LogP contribution < -0.4 is 10.6 Å². The summed E-state index contributed by atoms with van der Waals surface area (Å²) in [6.07, 6.45) is 2.13. The number of hydrogen-bond acceptors (Lipinski definition) is 4. The molecular formula is C19H26N4O2S. The Hall–Kier alpha value is -2.28. The molecule has 0 saturated heterocycles. The summed E-state index contributed by atoms with van der Waals surface area (Å²) < 4.78 is 0. The van der Waals surface area contributed by atoms with Crippen LogP contribution in [0.3, 0.4) is 0 Å². The zero-order chi connectivity index (χ0) is 19.1. The Morgan fingerprint density at radius 1 is 1.23 bits per heavy atom. The second-order valence-corrected chi connectivity index (χ2v) is 7.78. The predicted molar refractivity (Wildman–Crippen MR) is 105 cm³/mol. The van der Waals surface area contributed by atoms with Crippen LogP contribution in [0.2, 0.25) is 0 Å². The minimum Gasteiger partial charge on any atom is -0.344 e. The molecule has 1 heterocycles. The molecule has 0 spiro atoms. The van der Waals surface area contributed by atoms with Crippen molar-refractivity contribution in [1.82, 2.24) is 15.5 Å². The highest BCUT2D eigenvalue weighted by Crippen LogP contribution is 2.23. The highest BCUT2D eigenvalue weighted by atomic mass is 32.2. The summed E-state index contributed by atoms with van der Waals surface area (Å²) in [6.45, 7) is 8.10. The molecule has 6 nitrogen and oxygen atoms in total. The maximum Gasteiger partial charge on any atom is 0.248 e. The van der Waals surface area contributed by atoms with Crippen LogP contribution in [0.4, 0.5) is 5.82 Å². The third kappa shape index (κ3) is 6.22. The van der Waals surface area contributed by atoms with Crippen molar-refractivity contribution in [2.45, 2.75) is 45.1 Å². The standard InChI is InChI=1S/C19H26N4O2S/c1-12(2)9-15(19(25)22-17-7-8-20-23-17)21-18(24)11-26-16-10-13(3)5-6-14(16)4/h5-8,10,12,15H,9,11H2,1-4H3,(H,21,24)(H2,20,22,23,25). The molecule has 2 rings (SSSR count). The third-order valence-electron chi connectivity index (χ3n) is 3.82. The first-order chi connectivity index (χ1) is 12.3. The average molecular weight is 375 g/mol. The summed E-state index contributed by atoms with van der Waals surface area (Å²) >= 11 is 1.49. The molecule has 0 fully saturated rings. The fourth-order valence-corrected chi connectivity index (χ4v) is 3.43. The number of hydrogen-bond donors (Lipinski definition) is 3. The summed E-state index contributed by atoms with van der Waals surface area (Å²) in [5.41, 5.74) is 2.30. The number of nitrogens with one attached hydrogen (secondary N) is 3. The number of carbonyl (C=O) groups is 2. The van der Waals surface area contributed by atoms with Gasteiger partial charge in [-0.1, -0.05) is 31.5 Å². The van der Waals surface area contributed by atoms with Crippen molar-refractivity contribution in [2.24, 2.45) is 5.92 Å². The lowest BCUT2D eigenvalue weighted by molar-refractivity contribution is -0.125. The maximum atomic E-state index is 12.5. The van der Waals surface area contributed by atoms with Gasteiger partial charge in [-0.2, -0.15) is 5.10 Å². The van der Waals surface area contributed by atoms with Gasteiger partial charge in [0, 0.05) is 11.0 Å². The minimum atomic E-state index is -0.579. The van der Waals surface area contributed by atoms with Gasteiger partial charge in [0.1, 0.15) is 11.9 Å². The molecule has 1 aromatic heterocycles. The number of H-pyrrole nitrogens is 1. The van der Waals surface area contributed by atoms with Crippen LogP contribution in [0.1, 0.15) is 31.4 Å². The summed E-state index contributed by atoms with van der Waals surface area (Å²) in [7, 11) is 0. The van der Waals surface area contributed by atoms with Crippen molar-refractivity contribution in [2.75, 3.05) is 11.1 Å². The van der Waals surface area contributed by atoms with Gasteiger partial charge in [0.25, 0.3) is 0 Å². The van der Waals surface area contributed by atoms with Gasteiger partial charge in [0.2, 0.25) is 11.8 Å². The molecule has 2 aromatic rings. The molecule has 0 aliphatic carbocycles. The molecule has 3 N–H and O–H groups in total. The van der Waals surface area contributed by atoms with Crippen molar-refractivity contribution < 1.29 is 9.59 Å². The van der Waals surface area contributed by atoms with E-state index in [1.54, 1.807) is 12.3 Å². The predicted octanol–water partition coefficient (Wildman–Crippen LogP) is 3.29. The van der Waals surface area contributed by atoms with Crippen LogP contribution in [0.15, 0.2) is 35.4 Å². The van der Waals surface area contributed by atoms with Gasteiger partial charge in [-0.15, -0.1) is 11.8 Å². The van der Waals surface area contributed by atoms with Gasteiger partial charge in [-0.05, 0) is 37.8 Å². The monoisotopic (exact) mass is 374 g/mol. The molecular weight excluding hydrogens is 348 g/mol. The first kappa shape index (κ1) is 20.0. The SMILES string of the molecule is Cc1ccc(C)c(SCC(=O)NC(CC(C)C)C(=O)Nc2ccn[nH]2)c1. The van der Waals surface area contributed by atoms with E-state index in [1.165, 1.54) is 11.8 Å². The lowest BCUT2D eigenvalue weighted by Gasteiger charge is -2.19. The van der Waals surface area contributed by atoms with E-state index in [9.17, 15) is 9.59 Å². The van der Waals surface area contributed by atoms with Crippen LogP contribution in [-0.2, 0) is 9.59 Å². The number of nitrogens with zero attached hydrogens (tertiary/aromatic N) is 1. The molecule has 0 radical (unpaired) electrons. The van der Waals surface area contributed by atoms with Gasteiger partial charge in [0.05, 0.1) is 11.9 Å². The number of aryl methyl sites for hydroxylation is 2. The van der Waals surface area contributed by atoms with Gasteiger partial charge < -0.3 is 10.6 Å². The van der Waals surface area contributed by atoms with Crippen LogP contribution in [0, 0.1) is 19.8 Å². The zero-order valence-corrected chi connectivity index (χ0v) is 16.4. The number of amides is 2.